The summed E-state index contributed by atoms with van der Waals surface area (Å²) in [7, 11) is 0. The molecule has 0 aliphatic carbocycles. The van der Waals surface area contributed by atoms with Crippen LogP contribution in [0.4, 0.5) is 32.0 Å². The first-order valence-electron chi connectivity index (χ1n) is 19.0. The SMILES string of the molecule is Nc1ccc(OC(=O)c2nccs2)cc1.O=C(COc1ccnc2c(C(F)(F)F)cccc12)Cc1ccc(OC(=O)c2nccs2)cc1.O=C(O)COc1ccnc2c(C(F)(F)F)cccc12. The van der Waals surface area contributed by atoms with E-state index in [0.29, 0.717) is 27.8 Å². The Kier molecular flexibility index (Phi) is 15.8. The number of ketones is 1. The van der Waals surface area contributed by atoms with Gasteiger partial charge in [-0.25, -0.2) is 24.4 Å². The van der Waals surface area contributed by atoms with Gasteiger partial charge in [0.1, 0.15) is 29.6 Å². The molecule has 0 aliphatic heterocycles. The van der Waals surface area contributed by atoms with Crippen molar-refractivity contribution in [3.8, 4) is 23.0 Å². The van der Waals surface area contributed by atoms with Gasteiger partial charge in [0.2, 0.25) is 10.0 Å². The Labute approximate surface area is 382 Å². The number of pyridine rings is 2. The van der Waals surface area contributed by atoms with Gasteiger partial charge in [0.15, 0.2) is 12.4 Å². The fourth-order valence-corrected chi connectivity index (χ4v) is 6.77. The van der Waals surface area contributed by atoms with Crippen molar-refractivity contribution >= 4 is 73.9 Å². The zero-order valence-corrected chi connectivity index (χ0v) is 35.6. The van der Waals surface area contributed by atoms with Crippen LogP contribution in [0.3, 0.4) is 0 Å². The first-order chi connectivity index (χ1) is 32.0. The molecule has 0 unspecified atom stereocenters. The number of carboxylic acid groups (broad SMARTS) is 1. The van der Waals surface area contributed by atoms with E-state index < -0.39 is 48.0 Å². The smallest absolute Gasteiger partial charge is 0.418 e. The van der Waals surface area contributed by atoms with Gasteiger partial charge < -0.3 is 29.8 Å². The standard InChI is InChI=1S/C23H15F3N2O4S.C12H8F3NO3.C10H8N2O2S/c24-23(25,26)18-3-1-2-17-19(8-9-27-20(17)18)31-13-15(29)12-14-4-6-16(7-5-14)32-22(30)21-28-10-11-33-21;13-12(14,15)8-3-1-2-7-9(19-6-10(17)18)4-5-16-11(7)8;11-7-1-3-8(4-2-7)14-10(13)9-12-5-6-15-9/h1-11H,12-13H2;1-5H,6H2,(H,17,18);1-6H,11H2. The lowest BCUT2D eigenvalue weighted by atomic mass is 10.1. The van der Waals surface area contributed by atoms with Crippen LogP contribution in [0.1, 0.15) is 36.3 Å². The summed E-state index contributed by atoms with van der Waals surface area (Å²) in [6.07, 6.45) is -3.62. The zero-order chi connectivity index (χ0) is 48.1. The number of nitrogens with two attached hydrogens (primary N) is 1. The molecule has 4 aromatic carbocycles. The van der Waals surface area contributed by atoms with Gasteiger partial charge in [-0.1, -0.05) is 24.3 Å². The number of Topliss-reactive ketones (excluding diaryl/α,β-unsaturated/α-hetero) is 1. The molecule has 0 fully saturated rings. The Hall–Kier alpha value is -7.98. The van der Waals surface area contributed by atoms with Crippen molar-refractivity contribution in [1.82, 2.24) is 19.9 Å². The predicted molar refractivity (Wildman–Crippen MR) is 232 cm³/mol. The number of aromatic nitrogens is 4. The molecule has 0 saturated heterocycles. The van der Waals surface area contributed by atoms with Crippen LogP contribution in [0.2, 0.25) is 0 Å². The summed E-state index contributed by atoms with van der Waals surface area (Å²) in [5.74, 6) is -1.54. The average Bonchev–Trinajstić information content (AvgIpc) is 4.05. The molecule has 0 amide bonds. The number of fused-ring (bicyclic) bond motifs is 2. The molecular formula is C45H31F6N5O9S2. The van der Waals surface area contributed by atoms with Gasteiger partial charge in [0.05, 0.1) is 22.2 Å². The van der Waals surface area contributed by atoms with Crippen LogP contribution in [0.15, 0.2) is 133 Å². The molecule has 8 aromatic rings. The third-order valence-electron chi connectivity index (χ3n) is 8.65. The molecule has 0 aliphatic rings. The number of nitrogen functional groups attached to an aromatic ring is 1. The fraction of sp³-hybridized carbons (Fsp3) is 0.111. The predicted octanol–water partition coefficient (Wildman–Crippen LogP) is 9.78. The van der Waals surface area contributed by atoms with Crippen LogP contribution in [-0.2, 0) is 28.4 Å². The van der Waals surface area contributed by atoms with E-state index >= 15 is 0 Å². The third kappa shape index (κ3) is 13.5. The highest BCUT2D eigenvalue weighted by atomic mass is 32.1. The lowest BCUT2D eigenvalue weighted by Crippen LogP contribution is -2.14. The van der Waals surface area contributed by atoms with E-state index in [-0.39, 0.29) is 57.1 Å². The number of hydrogen-bond acceptors (Lipinski definition) is 15. The summed E-state index contributed by atoms with van der Waals surface area (Å²) in [6.45, 7) is -0.953. The number of hydrogen-bond donors (Lipinski definition) is 2. The summed E-state index contributed by atoms with van der Waals surface area (Å²) in [4.78, 5) is 61.4. The van der Waals surface area contributed by atoms with Gasteiger partial charge >= 0.3 is 30.3 Å². The number of carboxylic acids is 1. The van der Waals surface area contributed by atoms with Crippen molar-refractivity contribution in [2.24, 2.45) is 0 Å². The van der Waals surface area contributed by atoms with E-state index in [2.05, 4.69) is 19.9 Å². The summed E-state index contributed by atoms with van der Waals surface area (Å²) < 4.78 is 98.7. The molecule has 0 radical (unpaired) electrons. The second kappa shape index (κ2) is 21.8. The molecule has 8 rings (SSSR count). The first-order valence-corrected chi connectivity index (χ1v) is 20.8. The molecule has 4 aromatic heterocycles. The van der Waals surface area contributed by atoms with Crippen molar-refractivity contribution in [2.75, 3.05) is 18.9 Å². The minimum absolute atomic E-state index is 0.0392. The van der Waals surface area contributed by atoms with E-state index in [9.17, 15) is 45.5 Å². The molecule has 14 nitrogen and oxygen atoms in total. The Balaban J connectivity index is 0.000000183. The summed E-state index contributed by atoms with van der Waals surface area (Å²) in [6, 6.07) is 23.0. The van der Waals surface area contributed by atoms with Crippen molar-refractivity contribution in [1.29, 1.82) is 0 Å². The van der Waals surface area contributed by atoms with Gasteiger partial charge in [-0.15, -0.1) is 22.7 Å². The maximum atomic E-state index is 13.2. The fourth-order valence-electron chi connectivity index (χ4n) is 5.75. The minimum atomic E-state index is -4.55. The second-order valence-electron chi connectivity index (χ2n) is 13.4. The number of carbonyl (C=O) groups is 4. The maximum Gasteiger partial charge on any atom is 0.418 e. The highest BCUT2D eigenvalue weighted by Crippen LogP contribution is 2.37. The van der Waals surface area contributed by atoms with Crippen LogP contribution in [0, 0.1) is 0 Å². The Bertz CT molecular complexity index is 2970. The second-order valence-corrected chi connectivity index (χ2v) is 15.2. The minimum Gasteiger partial charge on any atom is -0.485 e. The van der Waals surface area contributed by atoms with Crippen LogP contribution in [0.5, 0.6) is 23.0 Å². The van der Waals surface area contributed by atoms with Gasteiger partial charge in [-0.2, -0.15) is 26.3 Å². The molecule has 0 bridgehead atoms. The van der Waals surface area contributed by atoms with Gasteiger partial charge in [-0.05, 0) is 78.4 Å². The summed E-state index contributed by atoms with van der Waals surface area (Å²) in [5.41, 5.74) is 4.54. The third-order valence-corrected chi connectivity index (χ3v) is 10.2. The number of thiazole rings is 2. The first kappa shape index (κ1) is 48.5. The number of carbonyl (C=O) groups excluding carboxylic acids is 3. The monoisotopic (exact) mass is 963 g/mol. The molecule has 22 heteroatoms. The Morgan fingerprint density at radius 1 is 0.567 bits per heavy atom. The Morgan fingerprint density at radius 2 is 1.01 bits per heavy atom. The normalized spacial score (nSPS) is 11.1. The quantitative estimate of drug-likeness (QED) is 0.0507. The van der Waals surface area contributed by atoms with E-state index in [0.717, 1.165) is 29.7 Å². The van der Waals surface area contributed by atoms with Crippen molar-refractivity contribution < 1.29 is 69.6 Å². The Morgan fingerprint density at radius 3 is 1.43 bits per heavy atom. The molecule has 344 valence electrons. The summed E-state index contributed by atoms with van der Waals surface area (Å²) in [5, 5.41) is 12.8. The van der Waals surface area contributed by atoms with Crippen LogP contribution in [-0.4, -0.2) is 61.9 Å². The van der Waals surface area contributed by atoms with E-state index in [1.54, 1.807) is 65.5 Å². The van der Waals surface area contributed by atoms with Gasteiger partial charge in [-0.3, -0.25) is 14.8 Å². The van der Waals surface area contributed by atoms with Crippen LogP contribution in [0.25, 0.3) is 21.8 Å². The zero-order valence-electron chi connectivity index (χ0n) is 34.0. The largest absolute Gasteiger partial charge is 0.485 e. The topological polar surface area (TPSA) is 203 Å². The lowest BCUT2D eigenvalue weighted by molar-refractivity contribution is -0.139. The molecule has 3 N–H and O–H groups in total. The highest BCUT2D eigenvalue weighted by Gasteiger charge is 2.34. The molecule has 0 saturated carbocycles. The lowest BCUT2D eigenvalue weighted by Gasteiger charge is -2.12. The number of para-hydroxylation sites is 2. The number of benzene rings is 4. The molecular weight excluding hydrogens is 933 g/mol. The number of anilines is 1. The maximum absolute atomic E-state index is 13.2. The molecule has 67 heavy (non-hydrogen) atoms. The van der Waals surface area contributed by atoms with E-state index in [1.807, 2.05) is 0 Å². The molecule has 0 atom stereocenters. The number of halogens is 6. The van der Waals surface area contributed by atoms with Crippen molar-refractivity contribution in [2.45, 2.75) is 18.8 Å². The van der Waals surface area contributed by atoms with E-state index in [1.165, 1.54) is 60.1 Å². The highest BCUT2D eigenvalue weighted by molar-refractivity contribution is 7.11. The number of aliphatic carboxylic acids is 1. The molecule has 0 spiro atoms. The number of ether oxygens (including phenoxy) is 4. The van der Waals surface area contributed by atoms with Crippen molar-refractivity contribution in [3.05, 3.63) is 159 Å². The van der Waals surface area contributed by atoms with E-state index in [4.69, 9.17) is 29.8 Å². The van der Waals surface area contributed by atoms with Gasteiger partial charge in [0.25, 0.3) is 0 Å². The van der Waals surface area contributed by atoms with Crippen LogP contribution < -0.4 is 24.7 Å². The average molecular weight is 964 g/mol. The van der Waals surface area contributed by atoms with Crippen LogP contribution >= 0.6 is 22.7 Å². The number of alkyl halides is 6. The number of nitrogens with zero attached hydrogens (tertiary/aromatic N) is 4. The number of esters is 2. The van der Waals surface area contributed by atoms with Crippen molar-refractivity contribution in [3.63, 3.8) is 0 Å². The summed E-state index contributed by atoms with van der Waals surface area (Å²) >= 11 is 2.41. The molecule has 4 heterocycles. The number of rotatable bonds is 12. The van der Waals surface area contributed by atoms with Gasteiger partial charge in [0, 0.05) is 58.4 Å².